The lowest BCUT2D eigenvalue weighted by Crippen LogP contribution is -2.27. The third kappa shape index (κ3) is 1.85. The van der Waals surface area contributed by atoms with Crippen molar-refractivity contribution in [2.45, 2.75) is 18.6 Å². The van der Waals surface area contributed by atoms with Crippen LogP contribution in [0.5, 0.6) is 0 Å². The summed E-state index contributed by atoms with van der Waals surface area (Å²) in [5.41, 5.74) is 0. The Morgan fingerprint density at radius 3 is 2.79 bits per heavy atom. The maximum atomic E-state index is 5.59. The highest BCUT2D eigenvalue weighted by molar-refractivity contribution is 9.09. The molecule has 1 fully saturated rings. The van der Waals surface area contributed by atoms with E-state index < -0.39 is 5.79 Å². The second-order valence-electron chi connectivity index (χ2n) is 3.08. The second kappa shape index (κ2) is 4.42. The number of nitrogens with zero attached hydrogens (tertiary/aromatic N) is 1. The van der Waals surface area contributed by atoms with Gasteiger partial charge in [0.2, 0.25) is 5.79 Å². The summed E-state index contributed by atoms with van der Waals surface area (Å²) in [6.07, 6.45) is 4.87. The molecule has 0 aliphatic carbocycles. The Kier molecular flexibility index (Phi) is 3.20. The van der Waals surface area contributed by atoms with Gasteiger partial charge in [0.25, 0.3) is 5.89 Å². The molecular formula is C9H12BrNO3. The third-order valence-corrected chi connectivity index (χ3v) is 2.71. The number of aromatic nitrogens is 1. The molecule has 2 rings (SSSR count). The zero-order valence-corrected chi connectivity index (χ0v) is 9.33. The van der Waals surface area contributed by atoms with E-state index in [0.717, 1.165) is 18.2 Å². The van der Waals surface area contributed by atoms with Crippen LogP contribution in [-0.4, -0.2) is 23.5 Å². The summed E-state index contributed by atoms with van der Waals surface area (Å²) in [6, 6.07) is 0. The van der Waals surface area contributed by atoms with Gasteiger partial charge in [-0.25, -0.2) is 4.98 Å². The van der Waals surface area contributed by atoms with Crippen molar-refractivity contribution in [3.05, 3.63) is 18.4 Å². The Labute approximate surface area is 90.7 Å². The van der Waals surface area contributed by atoms with E-state index in [1.165, 1.54) is 6.26 Å². The highest BCUT2D eigenvalue weighted by atomic mass is 79.9. The van der Waals surface area contributed by atoms with Crippen molar-refractivity contribution in [3.63, 3.8) is 0 Å². The van der Waals surface area contributed by atoms with E-state index in [0.29, 0.717) is 19.1 Å². The number of hydrogen-bond donors (Lipinski definition) is 0. The number of oxazole rings is 1. The monoisotopic (exact) mass is 261 g/mol. The van der Waals surface area contributed by atoms with Crippen LogP contribution in [0.25, 0.3) is 0 Å². The van der Waals surface area contributed by atoms with Gasteiger partial charge in [-0.3, -0.25) is 0 Å². The summed E-state index contributed by atoms with van der Waals surface area (Å²) >= 11 is 3.38. The van der Waals surface area contributed by atoms with Crippen LogP contribution >= 0.6 is 15.9 Å². The van der Waals surface area contributed by atoms with Crippen LogP contribution in [0.1, 0.15) is 18.7 Å². The molecule has 0 spiro atoms. The number of hydrogen-bond acceptors (Lipinski definition) is 4. The van der Waals surface area contributed by atoms with Crippen molar-refractivity contribution >= 4 is 15.9 Å². The molecule has 1 aliphatic heterocycles. The van der Waals surface area contributed by atoms with E-state index in [1.807, 2.05) is 0 Å². The Bertz CT molecular complexity index is 270. The van der Waals surface area contributed by atoms with E-state index in [4.69, 9.17) is 13.9 Å². The largest absolute Gasteiger partial charge is 0.444 e. The van der Waals surface area contributed by atoms with Gasteiger partial charge in [-0.15, -0.1) is 0 Å². The molecule has 2 heterocycles. The van der Waals surface area contributed by atoms with Crippen LogP contribution < -0.4 is 0 Å². The molecule has 5 heteroatoms. The predicted molar refractivity (Wildman–Crippen MR) is 53.1 cm³/mol. The van der Waals surface area contributed by atoms with Gasteiger partial charge in [-0.1, -0.05) is 15.9 Å². The van der Waals surface area contributed by atoms with Gasteiger partial charge in [0, 0.05) is 11.8 Å². The predicted octanol–water partition coefficient (Wildman–Crippen LogP) is 2.05. The van der Waals surface area contributed by atoms with E-state index in [2.05, 4.69) is 20.9 Å². The first-order valence-electron chi connectivity index (χ1n) is 4.61. The van der Waals surface area contributed by atoms with Crippen molar-refractivity contribution < 1.29 is 13.9 Å². The van der Waals surface area contributed by atoms with Gasteiger partial charge < -0.3 is 13.9 Å². The van der Waals surface area contributed by atoms with Crippen molar-refractivity contribution in [2.75, 3.05) is 18.5 Å². The quantitative estimate of drug-likeness (QED) is 0.779. The topological polar surface area (TPSA) is 44.5 Å². The van der Waals surface area contributed by atoms with Crippen molar-refractivity contribution in [1.82, 2.24) is 4.98 Å². The Hall–Kier alpha value is -0.390. The second-order valence-corrected chi connectivity index (χ2v) is 3.87. The summed E-state index contributed by atoms with van der Waals surface area (Å²) < 4.78 is 16.4. The van der Waals surface area contributed by atoms with Gasteiger partial charge in [-0.2, -0.15) is 0 Å². The molecule has 1 aromatic rings. The summed E-state index contributed by atoms with van der Waals surface area (Å²) in [7, 11) is 0. The van der Waals surface area contributed by atoms with E-state index in [9.17, 15) is 0 Å². The SMILES string of the molecule is BrCCCC1(c2ncco2)OCCO1. The Morgan fingerprint density at radius 1 is 1.43 bits per heavy atom. The standard InChI is InChI=1S/C9H12BrNO3/c10-3-1-2-9(13-6-7-14-9)8-11-4-5-12-8/h4-5H,1-3,6-7H2. The van der Waals surface area contributed by atoms with Gasteiger partial charge >= 0.3 is 0 Å². The smallest absolute Gasteiger partial charge is 0.255 e. The molecule has 0 N–H and O–H groups in total. The van der Waals surface area contributed by atoms with Crippen molar-refractivity contribution in [2.24, 2.45) is 0 Å². The molecule has 0 radical (unpaired) electrons. The molecule has 4 nitrogen and oxygen atoms in total. The van der Waals surface area contributed by atoms with E-state index in [-0.39, 0.29) is 0 Å². The number of rotatable bonds is 4. The van der Waals surface area contributed by atoms with Gasteiger partial charge in [-0.05, 0) is 6.42 Å². The summed E-state index contributed by atoms with van der Waals surface area (Å²) in [5, 5.41) is 0.919. The van der Waals surface area contributed by atoms with Crippen LogP contribution in [0.4, 0.5) is 0 Å². The van der Waals surface area contributed by atoms with Crippen LogP contribution in [0, 0.1) is 0 Å². The van der Waals surface area contributed by atoms with Crippen LogP contribution in [-0.2, 0) is 15.3 Å². The van der Waals surface area contributed by atoms with Crippen LogP contribution in [0.15, 0.2) is 16.9 Å². The summed E-state index contributed by atoms with van der Waals surface area (Å²) in [6.45, 7) is 1.20. The third-order valence-electron chi connectivity index (χ3n) is 2.15. The maximum absolute atomic E-state index is 5.59. The molecule has 0 atom stereocenters. The van der Waals surface area contributed by atoms with Crippen LogP contribution in [0.3, 0.4) is 0 Å². The summed E-state index contributed by atoms with van der Waals surface area (Å²) in [5.74, 6) is -0.215. The van der Waals surface area contributed by atoms with Gasteiger partial charge in [0.1, 0.15) is 6.26 Å². The minimum Gasteiger partial charge on any atom is -0.444 e. The Morgan fingerprint density at radius 2 is 2.21 bits per heavy atom. The normalized spacial score (nSPS) is 20.1. The zero-order valence-electron chi connectivity index (χ0n) is 7.74. The molecule has 0 amide bonds. The molecule has 14 heavy (non-hydrogen) atoms. The number of halogens is 1. The Balaban J connectivity index is 2.14. The van der Waals surface area contributed by atoms with Crippen molar-refractivity contribution in [1.29, 1.82) is 0 Å². The van der Waals surface area contributed by atoms with E-state index >= 15 is 0 Å². The molecule has 0 aromatic carbocycles. The fourth-order valence-electron chi connectivity index (χ4n) is 1.54. The minimum atomic E-state index is -0.739. The van der Waals surface area contributed by atoms with Crippen molar-refractivity contribution in [3.8, 4) is 0 Å². The highest BCUT2D eigenvalue weighted by Crippen LogP contribution is 2.34. The lowest BCUT2D eigenvalue weighted by Gasteiger charge is -2.22. The molecule has 1 aliphatic rings. The number of ether oxygens (including phenoxy) is 2. The fourth-order valence-corrected chi connectivity index (χ4v) is 1.82. The van der Waals surface area contributed by atoms with Crippen LogP contribution in [0.2, 0.25) is 0 Å². The highest BCUT2D eigenvalue weighted by Gasteiger charge is 2.42. The lowest BCUT2D eigenvalue weighted by atomic mass is 10.1. The fraction of sp³-hybridized carbons (Fsp3) is 0.667. The first kappa shape index (κ1) is 10.1. The molecule has 0 bridgehead atoms. The summed E-state index contributed by atoms with van der Waals surface area (Å²) in [4.78, 5) is 4.09. The molecule has 0 saturated carbocycles. The molecule has 1 saturated heterocycles. The maximum Gasteiger partial charge on any atom is 0.255 e. The first-order valence-corrected chi connectivity index (χ1v) is 5.73. The average molecular weight is 262 g/mol. The average Bonchev–Trinajstić information content (AvgIpc) is 2.86. The molecule has 0 unspecified atom stereocenters. The van der Waals surface area contributed by atoms with Gasteiger partial charge in [0.05, 0.1) is 19.4 Å². The lowest BCUT2D eigenvalue weighted by molar-refractivity contribution is -0.186. The molecule has 78 valence electrons. The molecular weight excluding hydrogens is 250 g/mol. The minimum absolute atomic E-state index is 0.524. The van der Waals surface area contributed by atoms with E-state index in [1.54, 1.807) is 6.20 Å². The molecule has 1 aromatic heterocycles. The first-order chi connectivity index (χ1) is 6.87. The zero-order chi connectivity index (χ0) is 9.86. The number of alkyl halides is 1. The van der Waals surface area contributed by atoms with Gasteiger partial charge in [0.15, 0.2) is 0 Å².